The summed E-state index contributed by atoms with van der Waals surface area (Å²) in [6.45, 7) is 1.48. The number of aryl methyl sites for hydroxylation is 1. The Labute approximate surface area is 195 Å². The van der Waals surface area contributed by atoms with Crippen molar-refractivity contribution in [3.05, 3.63) is 93.4 Å². The van der Waals surface area contributed by atoms with Gasteiger partial charge in [-0.25, -0.2) is 0 Å². The summed E-state index contributed by atoms with van der Waals surface area (Å²) in [6.07, 6.45) is 2.50. The number of carbonyl (C=O) groups is 1. The molecule has 0 atom stereocenters. The van der Waals surface area contributed by atoms with Crippen LogP contribution in [0, 0.1) is 0 Å². The van der Waals surface area contributed by atoms with E-state index in [9.17, 15) is 4.79 Å². The molecule has 0 spiro atoms. The second-order valence-electron chi connectivity index (χ2n) is 7.67. The molecule has 0 unspecified atom stereocenters. The summed E-state index contributed by atoms with van der Waals surface area (Å²) in [7, 11) is 0. The first-order chi connectivity index (χ1) is 15.8. The van der Waals surface area contributed by atoms with Crippen LogP contribution in [-0.2, 0) is 25.8 Å². The molecular weight excluding hydrogens is 438 g/mol. The van der Waals surface area contributed by atoms with E-state index in [0.29, 0.717) is 12.4 Å². The van der Waals surface area contributed by atoms with E-state index in [-0.39, 0.29) is 5.78 Å². The Morgan fingerprint density at radius 3 is 2.84 bits per heavy atom. The van der Waals surface area contributed by atoms with Gasteiger partial charge in [0.2, 0.25) is 0 Å². The molecule has 1 aliphatic rings. The maximum atomic E-state index is 12.9. The molecule has 0 N–H and O–H groups in total. The lowest BCUT2D eigenvalue weighted by Crippen LogP contribution is -2.09. The van der Waals surface area contributed by atoms with E-state index in [1.165, 1.54) is 22.2 Å². The van der Waals surface area contributed by atoms with Crippen molar-refractivity contribution < 1.29 is 9.53 Å². The van der Waals surface area contributed by atoms with Gasteiger partial charge in [-0.05, 0) is 47.2 Å². The van der Waals surface area contributed by atoms with Gasteiger partial charge in [0.1, 0.15) is 11.6 Å². The number of hydrogen-bond acceptors (Lipinski definition) is 6. The van der Waals surface area contributed by atoms with E-state index in [1.54, 1.807) is 11.3 Å². The fourth-order valence-electron chi connectivity index (χ4n) is 3.81. The minimum atomic E-state index is 0.0992. The van der Waals surface area contributed by atoms with Crippen LogP contribution in [0.2, 0.25) is 0 Å². The number of hydrogen-bond donors (Lipinski definition) is 0. The van der Waals surface area contributed by atoms with Gasteiger partial charge in [0.05, 0.1) is 12.4 Å². The number of ether oxygens (including phenoxy) is 1. The predicted octanol–water partition coefficient (Wildman–Crippen LogP) is 5.08. The molecule has 0 saturated carbocycles. The summed E-state index contributed by atoms with van der Waals surface area (Å²) in [5, 5.41) is 11.8. The Hall–Kier alpha value is -2.90. The maximum absolute atomic E-state index is 12.9. The number of thiophene rings is 1. The van der Waals surface area contributed by atoms with Crippen LogP contribution in [0.4, 0.5) is 0 Å². The Bertz CT molecular complexity index is 1200. The molecule has 5 nitrogen and oxygen atoms in total. The van der Waals surface area contributed by atoms with Crippen molar-refractivity contribution in [2.75, 3.05) is 12.4 Å². The van der Waals surface area contributed by atoms with Gasteiger partial charge in [-0.3, -0.25) is 4.79 Å². The highest BCUT2D eigenvalue weighted by Crippen LogP contribution is 2.27. The third-order valence-corrected chi connectivity index (χ3v) is 7.36. The molecular formula is C25H23N3O2S2. The van der Waals surface area contributed by atoms with Crippen LogP contribution in [0.1, 0.15) is 32.2 Å². The highest BCUT2D eigenvalue weighted by atomic mass is 32.2. The zero-order chi connectivity index (χ0) is 21.8. The molecule has 3 heterocycles. The van der Waals surface area contributed by atoms with Crippen LogP contribution in [0.15, 0.2) is 71.2 Å². The Morgan fingerprint density at radius 2 is 2.00 bits per heavy atom. The lowest BCUT2D eigenvalue weighted by molar-refractivity contribution is 0.102. The van der Waals surface area contributed by atoms with Crippen molar-refractivity contribution in [2.24, 2.45) is 0 Å². The van der Waals surface area contributed by atoms with Crippen LogP contribution in [0.3, 0.4) is 0 Å². The molecule has 5 rings (SSSR count). The Balaban J connectivity index is 1.31. The minimum absolute atomic E-state index is 0.0992. The lowest BCUT2D eigenvalue weighted by atomic mass is 10.1. The first-order valence-electron chi connectivity index (χ1n) is 10.7. The first-order valence-corrected chi connectivity index (χ1v) is 12.5. The summed E-state index contributed by atoms with van der Waals surface area (Å²) >= 11 is 3.19. The van der Waals surface area contributed by atoms with Crippen LogP contribution in [-0.4, -0.2) is 32.9 Å². The Morgan fingerprint density at radius 1 is 1.09 bits per heavy atom. The van der Waals surface area contributed by atoms with Crippen LogP contribution >= 0.6 is 23.1 Å². The van der Waals surface area contributed by atoms with E-state index >= 15 is 0 Å². The van der Waals surface area contributed by atoms with Crippen molar-refractivity contribution in [1.82, 2.24) is 14.8 Å². The average Bonchev–Trinajstić information content (AvgIpc) is 3.58. The molecule has 4 aromatic rings. The van der Waals surface area contributed by atoms with E-state index in [4.69, 9.17) is 4.74 Å². The van der Waals surface area contributed by atoms with Gasteiger partial charge in [-0.15, -0.1) is 21.5 Å². The fourth-order valence-corrected chi connectivity index (χ4v) is 5.39. The second kappa shape index (κ2) is 9.71. The SMILES string of the molecule is O=C(CSc1nnc(Cc2cccs2)n1CCc1ccccc1)c1ccc2c(c1)CCO2. The lowest BCUT2D eigenvalue weighted by Gasteiger charge is -2.10. The van der Waals surface area contributed by atoms with E-state index in [1.807, 2.05) is 24.3 Å². The van der Waals surface area contributed by atoms with Gasteiger partial charge in [-0.2, -0.15) is 0 Å². The summed E-state index contributed by atoms with van der Waals surface area (Å²) in [4.78, 5) is 14.1. The van der Waals surface area contributed by atoms with Crippen LogP contribution in [0.5, 0.6) is 5.75 Å². The molecule has 2 aromatic carbocycles. The first kappa shape index (κ1) is 21.0. The molecule has 0 radical (unpaired) electrons. The molecule has 0 aliphatic carbocycles. The van der Waals surface area contributed by atoms with Crippen LogP contribution in [0.25, 0.3) is 0 Å². The molecule has 32 heavy (non-hydrogen) atoms. The van der Waals surface area contributed by atoms with Gasteiger partial charge in [0.15, 0.2) is 10.9 Å². The fraction of sp³-hybridized carbons (Fsp3) is 0.240. The molecule has 0 amide bonds. The third-order valence-electron chi connectivity index (χ3n) is 5.52. The van der Waals surface area contributed by atoms with Gasteiger partial charge >= 0.3 is 0 Å². The van der Waals surface area contributed by atoms with Gasteiger partial charge in [-0.1, -0.05) is 48.2 Å². The molecule has 7 heteroatoms. The number of carbonyl (C=O) groups excluding carboxylic acids is 1. The number of rotatable bonds is 9. The average molecular weight is 462 g/mol. The third kappa shape index (κ3) is 4.79. The summed E-state index contributed by atoms with van der Waals surface area (Å²) in [5.41, 5.74) is 3.12. The zero-order valence-electron chi connectivity index (χ0n) is 17.6. The van der Waals surface area contributed by atoms with E-state index < -0.39 is 0 Å². The molecule has 2 aromatic heterocycles. The molecule has 0 saturated heterocycles. The number of aromatic nitrogens is 3. The number of fused-ring (bicyclic) bond motifs is 1. The Kier molecular flexibility index (Phi) is 6.36. The monoisotopic (exact) mass is 461 g/mol. The maximum Gasteiger partial charge on any atom is 0.191 e. The standard InChI is InChI=1S/C25H23N3O2S2/c29-22(19-8-9-23-20(15-19)11-13-30-23)17-32-25-27-26-24(16-21-7-4-14-31-21)28(25)12-10-18-5-2-1-3-6-18/h1-9,14-15H,10-13,16-17H2. The predicted molar refractivity (Wildman–Crippen MR) is 128 cm³/mol. The van der Waals surface area contributed by atoms with Crippen molar-refractivity contribution in [3.8, 4) is 5.75 Å². The van der Waals surface area contributed by atoms with Crippen molar-refractivity contribution in [2.45, 2.75) is 31.0 Å². The highest BCUT2D eigenvalue weighted by molar-refractivity contribution is 7.99. The van der Waals surface area contributed by atoms with Crippen molar-refractivity contribution in [3.63, 3.8) is 0 Å². The molecule has 162 valence electrons. The topological polar surface area (TPSA) is 57.0 Å². The van der Waals surface area contributed by atoms with Gasteiger partial charge in [0, 0.05) is 29.8 Å². The minimum Gasteiger partial charge on any atom is -0.493 e. The van der Waals surface area contributed by atoms with Gasteiger partial charge < -0.3 is 9.30 Å². The number of Topliss-reactive ketones (excluding diaryl/α,β-unsaturated/α-hetero) is 1. The quantitative estimate of drug-likeness (QED) is 0.257. The molecule has 1 aliphatic heterocycles. The highest BCUT2D eigenvalue weighted by Gasteiger charge is 2.18. The van der Waals surface area contributed by atoms with E-state index in [0.717, 1.165) is 53.7 Å². The van der Waals surface area contributed by atoms with Crippen molar-refractivity contribution >= 4 is 28.9 Å². The summed E-state index contributed by atoms with van der Waals surface area (Å²) in [5.74, 6) is 2.27. The van der Waals surface area contributed by atoms with Crippen molar-refractivity contribution in [1.29, 1.82) is 0 Å². The summed E-state index contributed by atoms with van der Waals surface area (Å²) < 4.78 is 7.72. The molecule has 0 fully saturated rings. The normalized spacial score (nSPS) is 12.5. The molecule has 0 bridgehead atoms. The summed E-state index contributed by atoms with van der Waals surface area (Å²) in [6, 6.07) is 20.3. The number of nitrogens with zero attached hydrogens (tertiary/aromatic N) is 3. The van der Waals surface area contributed by atoms with Crippen LogP contribution < -0.4 is 4.74 Å². The van der Waals surface area contributed by atoms with Gasteiger partial charge in [0.25, 0.3) is 0 Å². The number of thioether (sulfide) groups is 1. The smallest absolute Gasteiger partial charge is 0.191 e. The zero-order valence-corrected chi connectivity index (χ0v) is 19.2. The number of benzene rings is 2. The number of ketones is 1. The largest absolute Gasteiger partial charge is 0.493 e. The second-order valence-corrected chi connectivity index (χ2v) is 9.65. The van der Waals surface area contributed by atoms with E-state index in [2.05, 4.69) is 56.5 Å².